The molecule has 0 unspecified atom stereocenters. The highest BCUT2D eigenvalue weighted by Gasteiger charge is 2.12. The Morgan fingerprint density at radius 1 is 1.30 bits per heavy atom. The SMILES string of the molecule is [N-]=[N+]=Nc1ccc(O)c(C(=O)Nc2cccc(Cl)c2)c1. The quantitative estimate of drug-likeness (QED) is 0.501. The third kappa shape index (κ3) is 3.20. The van der Waals surface area contributed by atoms with Crippen molar-refractivity contribution in [2.24, 2.45) is 5.11 Å². The molecule has 20 heavy (non-hydrogen) atoms. The maximum absolute atomic E-state index is 12.1. The summed E-state index contributed by atoms with van der Waals surface area (Å²) in [7, 11) is 0. The van der Waals surface area contributed by atoms with Crippen LogP contribution < -0.4 is 5.32 Å². The molecule has 0 aromatic heterocycles. The zero-order valence-electron chi connectivity index (χ0n) is 10.1. The zero-order chi connectivity index (χ0) is 14.5. The number of phenolic OH excluding ortho intramolecular Hbond substituents is 1. The van der Waals surface area contributed by atoms with E-state index in [0.29, 0.717) is 10.7 Å². The molecule has 2 aromatic rings. The number of carbonyl (C=O) groups is 1. The molecular weight excluding hydrogens is 280 g/mol. The van der Waals surface area contributed by atoms with Gasteiger partial charge in [-0.1, -0.05) is 22.8 Å². The zero-order valence-corrected chi connectivity index (χ0v) is 10.9. The lowest BCUT2D eigenvalue weighted by Crippen LogP contribution is -2.11. The van der Waals surface area contributed by atoms with Crippen LogP contribution >= 0.6 is 11.6 Å². The van der Waals surface area contributed by atoms with Gasteiger partial charge in [0, 0.05) is 21.3 Å². The number of nitrogens with zero attached hydrogens (tertiary/aromatic N) is 3. The number of rotatable bonds is 3. The van der Waals surface area contributed by atoms with E-state index >= 15 is 0 Å². The van der Waals surface area contributed by atoms with Crippen molar-refractivity contribution in [2.75, 3.05) is 5.32 Å². The van der Waals surface area contributed by atoms with E-state index in [2.05, 4.69) is 15.3 Å². The van der Waals surface area contributed by atoms with Crippen LogP contribution in [-0.2, 0) is 0 Å². The number of halogens is 1. The van der Waals surface area contributed by atoms with Crippen molar-refractivity contribution < 1.29 is 9.90 Å². The number of carbonyl (C=O) groups excluding carboxylic acids is 1. The van der Waals surface area contributed by atoms with Gasteiger partial charge in [0.2, 0.25) is 0 Å². The average Bonchev–Trinajstić information content (AvgIpc) is 2.41. The second-order valence-corrected chi connectivity index (χ2v) is 4.29. The minimum Gasteiger partial charge on any atom is -0.507 e. The predicted octanol–water partition coefficient (Wildman–Crippen LogP) is 4.24. The summed E-state index contributed by atoms with van der Waals surface area (Å²) in [6.45, 7) is 0. The smallest absolute Gasteiger partial charge is 0.259 e. The molecule has 6 nitrogen and oxygen atoms in total. The largest absolute Gasteiger partial charge is 0.507 e. The van der Waals surface area contributed by atoms with Crippen LogP contribution in [0.2, 0.25) is 5.02 Å². The Labute approximate surface area is 119 Å². The highest BCUT2D eigenvalue weighted by Crippen LogP contribution is 2.25. The third-order valence-corrected chi connectivity index (χ3v) is 2.70. The highest BCUT2D eigenvalue weighted by molar-refractivity contribution is 6.31. The van der Waals surface area contributed by atoms with Crippen molar-refractivity contribution in [1.29, 1.82) is 0 Å². The summed E-state index contributed by atoms with van der Waals surface area (Å²) in [6.07, 6.45) is 0. The lowest BCUT2D eigenvalue weighted by atomic mass is 10.1. The molecular formula is C13H9ClN4O2. The van der Waals surface area contributed by atoms with E-state index in [1.165, 1.54) is 18.2 Å². The molecule has 0 fully saturated rings. The molecule has 0 heterocycles. The molecule has 0 saturated heterocycles. The molecule has 7 heteroatoms. The summed E-state index contributed by atoms with van der Waals surface area (Å²) in [4.78, 5) is 14.7. The van der Waals surface area contributed by atoms with Crippen molar-refractivity contribution in [3.05, 3.63) is 63.5 Å². The number of hydrogen-bond donors (Lipinski definition) is 2. The first-order chi connectivity index (χ1) is 9.60. The van der Waals surface area contributed by atoms with Gasteiger partial charge in [-0.15, -0.1) is 0 Å². The molecule has 2 aromatic carbocycles. The average molecular weight is 289 g/mol. The minimum atomic E-state index is -0.528. The van der Waals surface area contributed by atoms with Crippen LogP contribution in [-0.4, -0.2) is 11.0 Å². The predicted molar refractivity (Wildman–Crippen MR) is 76.3 cm³/mol. The molecule has 1 amide bonds. The van der Waals surface area contributed by atoms with Gasteiger partial charge >= 0.3 is 0 Å². The number of hydrogen-bond acceptors (Lipinski definition) is 3. The molecule has 100 valence electrons. The topological polar surface area (TPSA) is 98.1 Å². The Bertz CT molecular complexity index is 711. The summed E-state index contributed by atoms with van der Waals surface area (Å²) < 4.78 is 0. The van der Waals surface area contributed by atoms with Crippen LogP contribution in [0.3, 0.4) is 0 Å². The van der Waals surface area contributed by atoms with Crippen LogP contribution in [0.1, 0.15) is 10.4 Å². The Kier molecular flexibility index (Phi) is 4.10. The van der Waals surface area contributed by atoms with Gasteiger partial charge in [-0.2, -0.15) is 0 Å². The van der Waals surface area contributed by atoms with Crippen molar-refractivity contribution in [3.63, 3.8) is 0 Å². The lowest BCUT2D eigenvalue weighted by molar-refractivity contribution is 0.102. The summed E-state index contributed by atoms with van der Waals surface area (Å²) >= 11 is 5.82. The van der Waals surface area contributed by atoms with E-state index in [1.54, 1.807) is 24.3 Å². The van der Waals surface area contributed by atoms with E-state index < -0.39 is 5.91 Å². The first kappa shape index (κ1) is 13.7. The number of phenols is 1. The fourth-order valence-corrected chi connectivity index (χ4v) is 1.77. The van der Waals surface area contributed by atoms with E-state index in [9.17, 15) is 9.90 Å². The van der Waals surface area contributed by atoms with Crippen molar-refractivity contribution >= 4 is 28.9 Å². The fraction of sp³-hybridized carbons (Fsp3) is 0. The maximum Gasteiger partial charge on any atom is 0.259 e. The summed E-state index contributed by atoms with van der Waals surface area (Å²) in [6, 6.07) is 10.6. The first-order valence-corrected chi connectivity index (χ1v) is 5.93. The van der Waals surface area contributed by atoms with Crippen LogP contribution in [0.15, 0.2) is 47.6 Å². The second-order valence-electron chi connectivity index (χ2n) is 3.86. The Morgan fingerprint density at radius 2 is 2.10 bits per heavy atom. The molecule has 0 aliphatic rings. The second kappa shape index (κ2) is 5.97. The Morgan fingerprint density at radius 3 is 2.80 bits per heavy atom. The number of amides is 1. The van der Waals surface area contributed by atoms with Gasteiger partial charge in [0.15, 0.2) is 0 Å². The third-order valence-electron chi connectivity index (χ3n) is 2.47. The van der Waals surface area contributed by atoms with Crippen LogP contribution in [0.4, 0.5) is 11.4 Å². The van der Waals surface area contributed by atoms with Crippen molar-refractivity contribution in [1.82, 2.24) is 0 Å². The van der Waals surface area contributed by atoms with Crippen LogP contribution in [0.25, 0.3) is 10.4 Å². The molecule has 0 spiro atoms. The van der Waals surface area contributed by atoms with Crippen molar-refractivity contribution in [3.8, 4) is 5.75 Å². The number of nitrogens with one attached hydrogen (secondary N) is 1. The summed E-state index contributed by atoms with van der Waals surface area (Å²) in [5.74, 6) is -0.735. The van der Waals surface area contributed by atoms with Gasteiger partial charge < -0.3 is 10.4 Å². The molecule has 0 radical (unpaired) electrons. The van der Waals surface area contributed by atoms with Crippen molar-refractivity contribution in [2.45, 2.75) is 0 Å². The van der Waals surface area contributed by atoms with Gasteiger partial charge in [-0.3, -0.25) is 4.79 Å². The van der Waals surface area contributed by atoms with Gasteiger partial charge in [-0.25, -0.2) is 0 Å². The van der Waals surface area contributed by atoms with Crippen LogP contribution in [0.5, 0.6) is 5.75 Å². The van der Waals surface area contributed by atoms with Gasteiger partial charge in [0.05, 0.1) is 5.56 Å². The van der Waals surface area contributed by atoms with Gasteiger partial charge in [0.25, 0.3) is 5.91 Å². The molecule has 2 N–H and O–H groups in total. The number of benzene rings is 2. The Hall–Kier alpha value is -2.69. The molecule has 0 aliphatic carbocycles. The first-order valence-electron chi connectivity index (χ1n) is 5.55. The molecule has 2 rings (SSSR count). The summed E-state index contributed by atoms with van der Waals surface area (Å²) in [5, 5.41) is 16.1. The normalized spacial score (nSPS) is 9.65. The van der Waals surface area contributed by atoms with E-state index in [1.807, 2.05) is 0 Å². The Balaban J connectivity index is 2.29. The van der Waals surface area contributed by atoms with Crippen LogP contribution in [0, 0.1) is 0 Å². The molecule has 0 atom stereocenters. The van der Waals surface area contributed by atoms with Gasteiger partial charge in [0.1, 0.15) is 5.75 Å². The van der Waals surface area contributed by atoms with E-state index in [0.717, 1.165) is 0 Å². The molecule has 0 saturated carbocycles. The summed E-state index contributed by atoms with van der Waals surface area (Å²) in [5.41, 5.74) is 9.11. The number of aromatic hydroxyl groups is 1. The molecule has 0 bridgehead atoms. The standard InChI is InChI=1S/C13H9ClN4O2/c14-8-2-1-3-9(6-8)16-13(20)11-7-10(17-18-15)4-5-12(11)19/h1-7,19H,(H,16,20). The van der Waals surface area contributed by atoms with Gasteiger partial charge in [-0.05, 0) is 41.9 Å². The minimum absolute atomic E-state index is 0.00914. The van der Waals surface area contributed by atoms with E-state index in [4.69, 9.17) is 17.1 Å². The molecule has 0 aliphatic heterocycles. The fourth-order valence-electron chi connectivity index (χ4n) is 1.58. The number of azide groups is 1. The lowest BCUT2D eigenvalue weighted by Gasteiger charge is -2.07. The highest BCUT2D eigenvalue weighted by atomic mass is 35.5. The monoisotopic (exact) mass is 288 g/mol. The number of anilines is 1. The van der Waals surface area contributed by atoms with E-state index in [-0.39, 0.29) is 17.0 Å². The maximum atomic E-state index is 12.1.